The van der Waals surface area contributed by atoms with Gasteiger partial charge >= 0.3 is 0 Å². The zero-order chi connectivity index (χ0) is 29.3. The lowest BCUT2D eigenvalue weighted by atomic mass is 9.80. The summed E-state index contributed by atoms with van der Waals surface area (Å²) >= 11 is 0. The number of phenolic OH excluding ortho intramolecular Hbond substituents is 6. The summed E-state index contributed by atoms with van der Waals surface area (Å²) in [7, 11) is 0. The van der Waals surface area contributed by atoms with Crippen LogP contribution in [0, 0.1) is 0 Å². The Hall–Kier alpha value is -5.42. The first-order valence-electron chi connectivity index (χ1n) is 12.3. The van der Waals surface area contributed by atoms with Crippen LogP contribution in [0.25, 0.3) is 0 Å². The Morgan fingerprint density at radius 3 is 1.76 bits per heavy atom. The molecular weight excluding hydrogens is 536 g/mol. The van der Waals surface area contributed by atoms with Crippen LogP contribution in [-0.2, 0) is 18.4 Å². The number of carbonyl (C=O) groups excluding carboxylic acids is 2. The summed E-state index contributed by atoms with van der Waals surface area (Å²) in [5, 5.41) is 73.1. The van der Waals surface area contributed by atoms with Crippen LogP contribution in [0.15, 0.2) is 66.7 Å². The van der Waals surface area contributed by atoms with Crippen LogP contribution < -0.4 is 9.47 Å². The van der Waals surface area contributed by atoms with Gasteiger partial charge in [-0.05, 0) is 35.4 Å². The maximum Gasteiger partial charge on any atom is 0.277 e. The SMILES string of the molecule is O=C1c2c(O)cc(O)c([C@@]3(Cc4ccc(O)cc4)Oc4cc(O)cc(O)c4C3=O)c2O[C@]1(O)Cc1ccc(O)cc1. The molecule has 0 bridgehead atoms. The van der Waals surface area contributed by atoms with E-state index in [1.807, 2.05) is 0 Å². The van der Waals surface area contributed by atoms with Gasteiger partial charge in [-0.25, -0.2) is 0 Å². The fraction of sp³-hybridized carbons (Fsp3) is 0.133. The maximum absolute atomic E-state index is 14.1. The molecule has 4 aromatic rings. The summed E-state index contributed by atoms with van der Waals surface area (Å²) in [6.07, 6.45) is -0.755. The summed E-state index contributed by atoms with van der Waals surface area (Å²) in [6, 6.07) is 14.1. The lowest BCUT2D eigenvalue weighted by molar-refractivity contribution is -0.0903. The smallest absolute Gasteiger partial charge is 0.277 e. The Bertz CT molecular complexity index is 1740. The van der Waals surface area contributed by atoms with E-state index in [9.17, 15) is 45.3 Å². The predicted molar refractivity (Wildman–Crippen MR) is 140 cm³/mol. The van der Waals surface area contributed by atoms with Gasteiger partial charge in [0.15, 0.2) is 0 Å². The monoisotopic (exact) mass is 558 g/mol. The molecule has 7 N–H and O–H groups in total. The first-order valence-corrected chi connectivity index (χ1v) is 12.3. The summed E-state index contributed by atoms with van der Waals surface area (Å²) < 4.78 is 11.9. The van der Waals surface area contributed by atoms with E-state index in [1.165, 1.54) is 48.5 Å². The van der Waals surface area contributed by atoms with Gasteiger partial charge in [-0.2, -0.15) is 0 Å². The topological polar surface area (TPSA) is 194 Å². The van der Waals surface area contributed by atoms with Gasteiger partial charge in [0.1, 0.15) is 57.1 Å². The fourth-order valence-corrected chi connectivity index (χ4v) is 5.36. The molecule has 2 atom stereocenters. The molecule has 0 unspecified atom stereocenters. The van der Waals surface area contributed by atoms with Gasteiger partial charge in [0.05, 0.1) is 5.56 Å². The third-order valence-electron chi connectivity index (χ3n) is 7.21. The van der Waals surface area contributed by atoms with Crippen LogP contribution in [0.2, 0.25) is 0 Å². The van der Waals surface area contributed by atoms with Crippen LogP contribution in [0.3, 0.4) is 0 Å². The molecule has 0 fully saturated rings. The van der Waals surface area contributed by atoms with E-state index in [1.54, 1.807) is 0 Å². The molecule has 6 rings (SSSR count). The summed E-state index contributed by atoms with van der Waals surface area (Å²) in [5.41, 5.74) is -2.66. The molecule has 0 aliphatic carbocycles. The van der Waals surface area contributed by atoms with Crippen molar-refractivity contribution in [1.82, 2.24) is 0 Å². The Morgan fingerprint density at radius 1 is 0.585 bits per heavy atom. The lowest BCUT2D eigenvalue weighted by Crippen LogP contribution is -2.43. The Kier molecular flexibility index (Phi) is 5.54. The zero-order valence-electron chi connectivity index (χ0n) is 21.0. The molecule has 208 valence electrons. The summed E-state index contributed by atoms with van der Waals surface area (Å²) in [6.45, 7) is 0. The van der Waals surface area contributed by atoms with E-state index in [2.05, 4.69) is 0 Å². The van der Waals surface area contributed by atoms with Crippen molar-refractivity contribution in [3.63, 3.8) is 0 Å². The Morgan fingerprint density at radius 2 is 1.15 bits per heavy atom. The van der Waals surface area contributed by atoms with Crippen molar-refractivity contribution in [3.8, 4) is 46.0 Å². The van der Waals surface area contributed by atoms with E-state index >= 15 is 0 Å². The van der Waals surface area contributed by atoms with E-state index < -0.39 is 69.2 Å². The van der Waals surface area contributed by atoms with Crippen LogP contribution in [0.5, 0.6) is 46.0 Å². The van der Waals surface area contributed by atoms with Gasteiger partial charge < -0.3 is 45.2 Å². The number of Topliss-reactive ketones (excluding diaryl/α,β-unsaturated/α-hetero) is 2. The average molecular weight is 558 g/mol. The first kappa shape index (κ1) is 25.8. The second kappa shape index (κ2) is 8.80. The molecule has 0 amide bonds. The molecule has 0 saturated heterocycles. The molecule has 2 aliphatic heterocycles. The van der Waals surface area contributed by atoms with Gasteiger partial charge in [0.25, 0.3) is 5.79 Å². The average Bonchev–Trinajstić information content (AvgIpc) is 3.32. The number of aromatic hydroxyl groups is 6. The third-order valence-corrected chi connectivity index (χ3v) is 7.21. The molecule has 0 radical (unpaired) electrons. The highest BCUT2D eigenvalue weighted by molar-refractivity contribution is 6.13. The molecule has 11 heteroatoms. The minimum Gasteiger partial charge on any atom is -0.508 e. The van der Waals surface area contributed by atoms with Gasteiger partial charge in [-0.1, -0.05) is 24.3 Å². The van der Waals surface area contributed by atoms with Crippen LogP contribution in [-0.4, -0.2) is 53.1 Å². The molecule has 2 heterocycles. The van der Waals surface area contributed by atoms with Crippen molar-refractivity contribution in [2.75, 3.05) is 0 Å². The lowest BCUT2D eigenvalue weighted by Gasteiger charge is -2.30. The van der Waals surface area contributed by atoms with Crippen molar-refractivity contribution in [1.29, 1.82) is 0 Å². The summed E-state index contributed by atoms with van der Waals surface area (Å²) in [5.74, 6) is -7.81. The number of fused-ring (bicyclic) bond motifs is 2. The van der Waals surface area contributed by atoms with Gasteiger partial charge in [0.2, 0.25) is 17.2 Å². The highest BCUT2D eigenvalue weighted by Crippen LogP contribution is 2.56. The second-order valence-corrected chi connectivity index (χ2v) is 9.99. The normalized spacial score (nSPS) is 20.8. The second-order valence-electron chi connectivity index (χ2n) is 9.99. The molecular formula is C30H22O11. The number of ketones is 2. The van der Waals surface area contributed by atoms with E-state index in [-0.39, 0.29) is 29.2 Å². The number of carbonyl (C=O) groups is 2. The number of phenols is 6. The van der Waals surface area contributed by atoms with Crippen molar-refractivity contribution >= 4 is 11.6 Å². The molecule has 11 nitrogen and oxygen atoms in total. The predicted octanol–water partition coefficient (Wildman–Crippen LogP) is 3.14. The van der Waals surface area contributed by atoms with E-state index in [0.717, 1.165) is 18.2 Å². The van der Waals surface area contributed by atoms with Crippen molar-refractivity contribution < 1.29 is 54.8 Å². The zero-order valence-corrected chi connectivity index (χ0v) is 21.0. The standard InChI is InChI=1S/C30H22O11/c31-16-5-1-14(2-6-16)12-29(27(37)23-19(34)9-18(33)10-22(23)40-29)25-21(36)11-20(35)24-26(25)41-30(39,28(24)38)13-15-3-7-17(32)8-4-15/h1-11,31-36,39H,12-13H2/t29-,30-/m1/s1. The van der Waals surface area contributed by atoms with Crippen molar-refractivity contribution in [2.45, 2.75) is 24.2 Å². The summed E-state index contributed by atoms with van der Waals surface area (Å²) in [4.78, 5) is 27.6. The highest BCUT2D eigenvalue weighted by atomic mass is 16.6. The minimum absolute atomic E-state index is 0.0468. The number of aliphatic hydroxyl groups is 1. The van der Waals surface area contributed by atoms with Crippen molar-refractivity contribution in [2.24, 2.45) is 0 Å². The van der Waals surface area contributed by atoms with Crippen LogP contribution in [0.1, 0.15) is 37.4 Å². The Labute approximate surface area is 231 Å². The highest BCUT2D eigenvalue weighted by Gasteiger charge is 2.58. The number of hydrogen-bond acceptors (Lipinski definition) is 11. The van der Waals surface area contributed by atoms with Crippen LogP contribution >= 0.6 is 0 Å². The van der Waals surface area contributed by atoms with E-state index in [4.69, 9.17) is 9.47 Å². The molecule has 4 aromatic carbocycles. The van der Waals surface area contributed by atoms with Crippen LogP contribution in [0.4, 0.5) is 0 Å². The third kappa shape index (κ3) is 3.94. The largest absolute Gasteiger partial charge is 0.508 e. The van der Waals surface area contributed by atoms with E-state index in [0.29, 0.717) is 11.1 Å². The molecule has 2 aliphatic rings. The molecule has 0 saturated carbocycles. The molecule has 0 spiro atoms. The minimum atomic E-state index is -2.58. The first-order chi connectivity index (χ1) is 19.4. The van der Waals surface area contributed by atoms with Gasteiger partial charge in [0, 0.05) is 31.0 Å². The molecule has 0 aromatic heterocycles. The Balaban J connectivity index is 1.55. The van der Waals surface area contributed by atoms with Gasteiger partial charge in [-0.3, -0.25) is 9.59 Å². The number of ether oxygens (including phenoxy) is 2. The van der Waals surface area contributed by atoms with Crippen molar-refractivity contribution in [3.05, 3.63) is 94.5 Å². The number of rotatable bonds is 5. The number of hydrogen-bond donors (Lipinski definition) is 7. The van der Waals surface area contributed by atoms with Gasteiger partial charge in [-0.15, -0.1) is 0 Å². The fourth-order valence-electron chi connectivity index (χ4n) is 5.36. The maximum atomic E-state index is 14.1. The quantitative estimate of drug-likeness (QED) is 0.190. The molecule has 41 heavy (non-hydrogen) atoms. The number of benzene rings is 4.